The van der Waals surface area contributed by atoms with Crippen LogP contribution in [0.1, 0.15) is 48.8 Å². The van der Waals surface area contributed by atoms with Crippen LogP contribution in [0.2, 0.25) is 0 Å². The van der Waals surface area contributed by atoms with Gasteiger partial charge in [0.25, 0.3) is 5.91 Å². The van der Waals surface area contributed by atoms with Gasteiger partial charge in [-0.25, -0.2) is 9.67 Å². The monoisotopic (exact) mass is 309 g/mol. The van der Waals surface area contributed by atoms with E-state index in [1.54, 1.807) is 24.8 Å². The van der Waals surface area contributed by atoms with Crippen LogP contribution in [0, 0.1) is 0 Å². The Hall–Kier alpha value is -2.76. The van der Waals surface area contributed by atoms with Gasteiger partial charge in [0, 0.05) is 30.0 Å². The van der Waals surface area contributed by atoms with Crippen LogP contribution in [-0.2, 0) is 0 Å². The highest BCUT2D eigenvalue weighted by Crippen LogP contribution is 2.17. The molecule has 3 aromatic rings. The van der Waals surface area contributed by atoms with Crippen molar-refractivity contribution in [3.05, 3.63) is 54.1 Å². The van der Waals surface area contributed by atoms with E-state index in [-0.39, 0.29) is 18.0 Å². The van der Waals surface area contributed by atoms with Crippen molar-refractivity contribution < 1.29 is 4.79 Å². The van der Waals surface area contributed by atoms with Gasteiger partial charge in [-0.15, -0.1) is 0 Å². The number of hydrogen-bond donors (Lipinski definition) is 1. The SMILES string of the molecule is CC(NC(=O)c1cnc2c(cnn2C(C)C)c1)c1ccncc1. The highest BCUT2D eigenvalue weighted by Gasteiger charge is 2.14. The summed E-state index contributed by atoms with van der Waals surface area (Å²) in [6.07, 6.45) is 6.76. The molecule has 1 amide bonds. The Labute approximate surface area is 134 Å². The molecule has 0 aliphatic carbocycles. The molecule has 0 aliphatic heterocycles. The molecule has 3 heterocycles. The Morgan fingerprint density at radius 3 is 2.61 bits per heavy atom. The van der Waals surface area contributed by atoms with Crippen LogP contribution in [0.4, 0.5) is 0 Å². The van der Waals surface area contributed by atoms with E-state index in [0.717, 1.165) is 16.6 Å². The zero-order valence-electron chi connectivity index (χ0n) is 13.4. The number of aromatic nitrogens is 4. The average molecular weight is 309 g/mol. The van der Waals surface area contributed by atoms with Gasteiger partial charge in [-0.3, -0.25) is 9.78 Å². The maximum Gasteiger partial charge on any atom is 0.253 e. The van der Waals surface area contributed by atoms with Crippen molar-refractivity contribution in [3.63, 3.8) is 0 Å². The Morgan fingerprint density at radius 1 is 1.17 bits per heavy atom. The van der Waals surface area contributed by atoms with Crippen LogP contribution in [0.3, 0.4) is 0 Å². The van der Waals surface area contributed by atoms with Crippen LogP contribution in [0.5, 0.6) is 0 Å². The molecular weight excluding hydrogens is 290 g/mol. The molecule has 1 atom stereocenters. The van der Waals surface area contributed by atoms with E-state index in [1.807, 2.05) is 43.7 Å². The van der Waals surface area contributed by atoms with Gasteiger partial charge in [-0.1, -0.05) is 0 Å². The number of nitrogens with one attached hydrogen (secondary N) is 1. The highest BCUT2D eigenvalue weighted by molar-refractivity contribution is 5.97. The van der Waals surface area contributed by atoms with Gasteiger partial charge in [0.2, 0.25) is 0 Å². The number of fused-ring (bicyclic) bond motifs is 1. The molecule has 0 saturated carbocycles. The van der Waals surface area contributed by atoms with E-state index in [1.165, 1.54) is 0 Å². The fourth-order valence-electron chi connectivity index (χ4n) is 2.46. The van der Waals surface area contributed by atoms with Crippen molar-refractivity contribution in [1.82, 2.24) is 25.1 Å². The molecule has 118 valence electrons. The van der Waals surface area contributed by atoms with E-state index in [0.29, 0.717) is 5.56 Å². The summed E-state index contributed by atoms with van der Waals surface area (Å²) in [7, 11) is 0. The van der Waals surface area contributed by atoms with Crippen LogP contribution >= 0.6 is 0 Å². The number of carbonyl (C=O) groups excluding carboxylic acids is 1. The summed E-state index contributed by atoms with van der Waals surface area (Å²) in [5, 5.41) is 8.16. The highest BCUT2D eigenvalue weighted by atomic mass is 16.1. The normalized spacial score (nSPS) is 12.5. The second kappa shape index (κ2) is 6.16. The predicted molar refractivity (Wildman–Crippen MR) is 88.0 cm³/mol. The topological polar surface area (TPSA) is 72.7 Å². The van der Waals surface area contributed by atoms with Gasteiger partial charge in [0.15, 0.2) is 5.65 Å². The first-order valence-corrected chi connectivity index (χ1v) is 7.60. The van der Waals surface area contributed by atoms with Crippen molar-refractivity contribution >= 4 is 16.9 Å². The third kappa shape index (κ3) is 3.06. The predicted octanol–water partition coefficient (Wildman–Crippen LogP) is 2.90. The molecule has 1 N–H and O–H groups in total. The zero-order valence-corrected chi connectivity index (χ0v) is 13.4. The van der Waals surface area contributed by atoms with Crippen molar-refractivity contribution in [2.24, 2.45) is 0 Å². The molecule has 0 spiro atoms. The first kappa shape index (κ1) is 15.1. The Morgan fingerprint density at radius 2 is 1.91 bits per heavy atom. The molecule has 0 radical (unpaired) electrons. The molecule has 0 saturated heterocycles. The van der Waals surface area contributed by atoms with Gasteiger partial charge in [0.1, 0.15) is 0 Å². The maximum atomic E-state index is 12.4. The Kier molecular flexibility index (Phi) is 4.06. The van der Waals surface area contributed by atoms with E-state index < -0.39 is 0 Å². The lowest BCUT2D eigenvalue weighted by Gasteiger charge is -2.14. The van der Waals surface area contributed by atoms with E-state index in [2.05, 4.69) is 20.4 Å². The first-order valence-electron chi connectivity index (χ1n) is 7.60. The van der Waals surface area contributed by atoms with Gasteiger partial charge < -0.3 is 5.32 Å². The van der Waals surface area contributed by atoms with Crippen molar-refractivity contribution in [3.8, 4) is 0 Å². The molecule has 23 heavy (non-hydrogen) atoms. The zero-order chi connectivity index (χ0) is 16.4. The lowest BCUT2D eigenvalue weighted by atomic mass is 10.1. The summed E-state index contributed by atoms with van der Waals surface area (Å²) in [6, 6.07) is 5.73. The summed E-state index contributed by atoms with van der Waals surface area (Å²) >= 11 is 0. The quantitative estimate of drug-likeness (QED) is 0.804. The molecular formula is C17H19N5O. The average Bonchev–Trinajstić information content (AvgIpc) is 2.98. The number of nitrogens with zero attached hydrogens (tertiary/aromatic N) is 4. The van der Waals surface area contributed by atoms with Crippen LogP contribution in [0.25, 0.3) is 11.0 Å². The molecule has 1 unspecified atom stereocenters. The lowest BCUT2D eigenvalue weighted by Crippen LogP contribution is -2.26. The summed E-state index contributed by atoms with van der Waals surface area (Å²) in [4.78, 5) is 20.8. The smallest absolute Gasteiger partial charge is 0.253 e. The minimum atomic E-state index is -0.152. The summed E-state index contributed by atoms with van der Waals surface area (Å²) in [6.45, 7) is 6.03. The van der Waals surface area contributed by atoms with E-state index in [4.69, 9.17) is 0 Å². The molecule has 0 aliphatic rings. The minimum Gasteiger partial charge on any atom is -0.345 e. The molecule has 0 bridgehead atoms. The van der Waals surface area contributed by atoms with Crippen LogP contribution in [0.15, 0.2) is 43.0 Å². The maximum absolute atomic E-state index is 12.4. The summed E-state index contributed by atoms with van der Waals surface area (Å²) in [5.41, 5.74) is 2.33. The molecule has 3 aromatic heterocycles. The van der Waals surface area contributed by atoms with E-state index in [9.17, 15) is 4.79 Å². The number of hydrogen-bond acceptors (Lipinski definition) is 4. The second-order valence-electron chi connectivity index (χ2n) is 5.80. The largest absolute Gasteiger partial charge is 0.345 e. The Balaban J connectivity index is 1.81. The van der Waals surface area contributed by atoms with Crippen molar-refractivity contribution in [2.75, 3.05) is 0 Å². The third-order valence-corrected chi connectivity index (χ3v) is 3.74. The fraction of sp³-hybridized carbons (Fsp3) is 0.294. The van der Waals surface area contributed by atoms with E-state index >= 15 is 0 Å². The fourth-order valence-corrected chi connectivity index (χ4v) is 2.46. The molecule has 0 aromatic carbocycles. The van der Waals surface area contributed by atoms with Crippen LogP contribution < -0.4 is 5.32 Å². The Bertz CT molecular complexity index is 825. The molecule has 6 heteroatoms. The van der Waals surface area contributed by atoms with Gasteiger partial charge in [0.05, 0.1) is 17.8 Å². The number of pyridine rings is 2. The van der Waals surface area contributed by atoms with Gasteiger partial charge in [-0.05, 0) is 44.5 Å². The summed E-state index contributed by atoms with van der Waals surface area (Å²) < 4.78 is 1.84. The number of rotatable bonds is 4. The van der Waals surface area contributed by atoms with Crippen molar-refractivity contribution in [2.45, 2.75) is 32.9 Å². The standard InChI is InChI=1S/C17H19N5O/c1-11(2)22-16-14(10-20-22)8-15(9-19-16)17(23)21-12(3)13-4-6-18-7-5-13/h4-12H,1-3H3,(H,21,23). The molecule has 3 rings (SSSR count). The molecule has 6 nitrogen and oxygen atoms in total. The van der Waals surface area contributed by atoms with Gasteiger partial charge in [-0.2, -0.15) is 5.10 Å². The lowest BCUT2D eigenvalue weighted by molar-refractivity contribution is 0.0939. The third-order valence-electron chi connectivity index (χ3n) is 3.74. The minimum absolute atomic E-state index is 0.0976. The van der Waals surface area contributed by atoms with Gasteiger partial charge >= 0.3 is 0 Å². The molecule has 0 fully saturated rings. The first-order chi connectivity index (χ1) is 11.1. The number of carbonyl (C=O) groups is 1. The van der Waals surface area contributed by atoms with Crippen LogP contribution in [-0.4, -0.2) is 25.7 Å². The van der Waals surface area contributed by atoms with Crippen molar-refractivity contribution in [1.29, 1.82) is 0 Å². The second-order valence-corrected chi connectivity index (χ2v) is 5.80. The summed E-state index contributed by atoms with van der Waals surface area (Å²) in [5.74, 6) is -0.152. The number of amides is 1.